The van der Waals surface area contributed by atoms with Gasteiger partial charge in [-0.25, -0.2) is 4.90 Å². The van der Waals surface area contributed by atoms with Gasteiger partial charge < -0.3 is 4.90 Å². The number of carbonyl (C=O) groups excluding carboxylic acids is 2. The lowest BCUT2D eigenvalue weighted by Gasteiger charge is -2.25. The quantitative estimate of drug-likeness (QED) is 0.799. The smallest absolute Gasteiger partial charge is 0.266 e. The van der Waals surface area contributed by atoms with Crippen LogP contribution in [0, 0.1) is 0 Å². The Kier molecular flexibility index (Phi) is 2.96. The predicted octanol–water partition coefficient (Wildman–Crippen LogP) is 3.09. The van der Waals surface area contributed by atoms with Crippen molar-refractivity contribution in [3.63, 3.8) is 0 Å². The van der Waals surface area contributed by atoms with E-state index in [1.165, 1.54) is 4.90 Å². The molecule has 0 radical (unpaired) electrons. The van der Waals surface area contributed by atoms with Crippen LogP contribution in [0.4, 0.5) is 11.4 Å². The zero-order valence-electron chi connectivity index (χ0n) is 12.2. The van der Waals surface area contributed by atoms with Gasteiger partial charge in [-0.05, 0) is 37.1 Å². The molecule has 2 amide bonds. The Morgan fingerprint density at radius 1 is 0.682 bits per heavy atom. The molecule has 0 aliphatic carbocycles. The highest BCUT2D eigenvalue weighted by molar-refractivity contribution is 6.35. The second-order valence-corrected chi connectivity index (χ2v) is 5.67. The van der Waals surface area contributed by atoms with Crippen molar-refractivity contribution < 1.29 is 9.59 Å². The minimum atomic E-state index is -0.229. The second kappa shape index (κ2) is 4.98. The second-order valence-electron chi connectivity index (χ2n) is 5.67. The fourth-order valence-electron chi connectivity index (χ4n) is 3.29. The maximum Gasteiger partial charge on any atom is 0.266 e. The van der Waals surface area contributed by atoms with Crippen molar-refractivity contribution in [2.24, 2.45) is 0 Å². The van der Waals surface area contributed by atoms with Crippen LogP contribution in [0.3, 0.4) is 0 Å². The normalized spacial score (nSPS) is 17.3. The van der Waals surface area contributed by atoms with Crippen molar-refractivity contribution in [3.05, 3.63) is 59.7 Å². The Labute approximate surface area is 129 Å². The first-order chi connectivity index (χ1) is 10.8. The number of fused-ring (bicyclic) bond motifs is 1. The van der Waals surface area contributed by atoms with Gasteiger partial charge in [-0.1, -0.05) is 24.3 Å². The van der Waals surface area contributed by atoms with E-state index in [0.717, 1.165) is 31.6 Å². The van der Waals surface area contributed by atoms with Gasteiger partial charge in [-0.3, -0.25) is 9.59 Å². The number of hydrogen-bond donors (Lipinski definition) is 0. The number of imide groups is 1. The summed E-state index contributed by atoms with van der Waals surface area (Å²) in [6.07, 6.45) is 2.30. The fraction of sp³-hybridized carbons (Fsp3) is 0.222. The molecule has 1 fully saturated rings. The van der Waals surface area contributed by atoms with E-state index in [0.29, 0.717) is 16.8 Å². The van der Waals surface area contributed by atoms with E-state index in [-0.39, 0.29) is 11.8 Å². The predicted molar refractivity (Wildman–Crippen MR) is 85.5 cm³/mol. The lowest BCUT2D eigenvalue weighted by Crippen LogP contribution is -2.31. The molecule has 0 N–H and O–H groups in total. The first-order valence-electron chi connectivity index (χ1n) is 7.59. The van der Waals surface area contributed by atoms with Gasteiger partial charge in [0.1, 0.15) is 0 Å². The molecule has 0 unspecified atom stereocenters. The molecule has 2 aliphatic rings. The van der Waals surface area contributed by atoms with Crippen LogP contribution in [0.5, 0.6) is 0 Å². The summed E-state index contributed by atoms with van der Waals surface area (Å²) >= 11 is 0. The van der Waals surface area contributed by atoms with Crippen LogP contribution in [0.25, 0.3) is 0 Å². The van der Waals surface area contributed by atoms with Crippen molar-refractivity contribution in [1.82, 2.24) is 0 Å². The maximum atomic E-state index is 12.7. The molecule has 2 aromatic rings. The maximum absolute atomic E-state index is 12.7. The van der Waals surface area contributed by atoms with Crippen molar-refractivity contribution in [1.29, 1.82) is 0 Å². The van der Waals surface area contributed by atoms with E-state index in [9.17, 15) is 9.59 Å². The summed E-state index contributed by atoms with van der Waals surface area (Å²) in [4.78, 5) is 28.9. The highest BCUT2D eigenvalue weighted by Crippen LogP contribution is 2.36. The Morgan fingerprint density at radius 3 is 1.77 bits per heavy atom. The SMILES string of the molecule is O=C1c2ccccc2C(=O)N1c1ccccc1N1CCCC1. The topological polar surface area (TPSA) is 40.6 Å². The summed E-state index contributed by atoms with van der Waals surface area (Å²) in [6, 6.07) is 14.7. The molecule has 0 saturated carbocycles. The van der Waals surface area contributed by atoms with Crippen LogP contribution in [-0.2, 0) is 0 Å². The van der Waals surface area contributed by atoms with Gasteiger partial charge >= 0.3 is 0 Å². The molecule has 0 spiro atoms. The number of para-hydroxylation sites is 2. The summed E-state index contributed by atoms with van der Waals surface area (Å²) in [5.41, 5.74) is 2.64. The molecule has 1 saturated heterocycles. The van der Waals surface area contributed by atoms with Crippen LogP contribution in [0.2, 0.25) is 0 Å². The number of amides is 2. The van der Waals surface area contributed by atoms with Gasteiger partial charge in [0.25, 0.3) is 11.8 Å². The number of rotatable bonds is 2. The highest BCUT2D eigenvalue weighted by atomic mass is 16.2. The monoisotopic (exact) mass is 292 g/mol. The van der Waals surface area contributed by atoms with Crippen LogP contribution >= 0.6 is 0 Å². The Morgan fingerprint density at radius 2 is 1.18 bits per heavy atom. The van der Waals surface area contributed by atoms with E-state index in [1.807, 2.05) is 24.3 Å². The number of anilines is 2. The average molecular weight is 292 g/mol. The van der Waals surface area contributed by atoms with Crippen LogP contribution in [0.15, 0.2) is 48.5 Å². The minimum absolute atomic E-state index is 0.229. The van der Waals surface area contributed by atoms with Crippen LogP contribution in [-0.4, -0.2) is 24.9 Å². The van der Waals surface area contributed by atoms with Gasteiger partial charge in [0.2, 0.25) is 0 Å². The minimum Gasteiger partial charge on any atom is -0.370 e. The van der Waals surface area contributed by atoms with Gasteiger partial charge in [0, 0.05) is 13.1 Å². The van der Waals surface area contributed by atoms with Crippen LogP contribution in [0.1, 0.15) is 33.6 Å². The van der Waals surface area contributed by atoms with Gasteiger partial charge in [0.15, 0.2) is 0 Å². The summed E-state index contributed by atoms with van der Waals surface area (Å²) < 4.78 is 0. The van der Waals surface area contributed by atoms with E-state index >= 15 is 0 Å². The third kappa shape index (κ3) is 1.84. The summed E-state index contributed by atoms with van der Waals surface area (Å²) in [5.74, 6) is -0.459. The Bertz CT molecular complexity index is 728. The number of nitrogens with zero attached hydrogens (tertiary/aromatic N) is 2. The van der Waals surface area contributed by atoms with Crippen molar-refractivity contribution in [2.75, 3.05) is 22.9 Å². The lowest BCUT2D eigenvalue weighted by atomic mass is 10.1. The highest BCUT2D eigenvalue weighted by Gasteiger charge is 2.37. The fourth-order valence-corrected chi connectivity index (χ4v) is 3.29. The Balaban J connectivity index is 1.81. The molecule has 4 rings (SSSR count). The molecule has 2 aromatic carbocycles. The standard InChI is InChI=1S/C18H16N2O2/c21-17-13-7-1-2-8-14(13)18(22)20(17)16-10-4-3-9-15(16)19-11-5-6-12-19/h1-4,7-10H,5-6,11-12H2. The lowest BCUT2D eigenvalue weighted by molar-refractivity contribution is 0.0926. The summed E-state index contributed by atoms with van der Waals surface area (Å²) in [7, 11) is 0. The third-order valence-electron chi connectivity index (χ3n) is 4.36. The summed E-state index contributed by atoms with van der Waals surface area (Å²) in [6.45, 7) is 1.94. The molecule has 2 heterocycles. The molecule has 110 valence electrons. The molecule has 2 aliphatic heterocycles. The van der Waals surface area contributed by atoms with Gasteiger partial charge in [-0.15, -0.1) is 0 Å². The largest absolute Gasteiger partial charge is 0.370 e. The van der Waals surface area contributed by atoms with E-state index in [2.05, 4.69) is 4.90 Å². The first kappa shape index (κ1) is 13.1. The Hall–Kier alpha value is -2.62. The van der Waals surface area contributed by atoms with E-state index < -0.39 is 0 Å². The van der Waals surface area contributed by atoms with Gasteiger partial charge in [0.05, 0.1) is 22.5 Å². The zero-order valence-corrected chi connectivity index (χ0v) is 12.2. The number of carbonyl (C=O) groups is 2. The number of benzene rings is 2. The molecule has 22 heavy (non-hydrogen) atoms. The molecule has 4 nitrogen and oxygen atoms in total. The van der Waals surface area contributed by atoms with Gasteiger partial charge in [-0.2, -0.15) is 0 Å². The summed E-state index contributed by atoms with van der Waals surface area (Å²) in [5, 5.41) is 0. The van der Waals surface area contributed by atoms with E-state index in [1.54, 1.807) is 24.3 Å². The van der Waals surface area contributed by atoms with Crippen LogP contribution < -0.4 is 9.80 Å². The molecule has 4 heteroatoms. The molecule has 0 bridgehead atoms. The number of hydrogen-bond acceptors (Lipinski definition) is 3. The molecule has 0 atom stereocenters. The zero-order chi connectivity index (χ0) is 15.1. The van der Waals surface area contributed by atoms with E-state index in [4.69, 9.17) is 0 Å². The third-order valence-corrected chi connectivity index (χ3v) is 4.36. The average Bonchev–Trinajstić information content (AvgIpc) is 3.16. The van der Waals surface area contributed by atoms with Crippen molar-refractivity contribution in [3.8, 4) is 0 Å². The first-order valence-corrected chi connectivity index (χ1v) is 7.59. The molecular weight excluding hydrogens is 276 g/mol. The van der Waals surface area contributed by atoms with Crippen molar-refractivity contribution in [2.45, 2.75) is 12.8 Å². The molecule has 0 aromatic heterocycles. The van der Waals surface area contributed by atoms with Crippen molar-refractivity contribution >= 4 is 23.2 Å². The molecular formula is C18H16N2O2.